The third-order valence-electron chi connectivity index (χ3n) is 1.73. The van der Waals surface area contributed by atoms with Crippen LogP contribution in [0.15, 0.2) is 12.4 Å². The molecular formula is C8H12F3N3S. The zero-order valence-electron chi connectivity index (χ0n) is 8.21. The maximum atomic E-state index is 11.9. The quantitative estimate of drug-likeness (QED) is 0.850. The summed E-state index contributed by atoms with van der Waals surface area (Å²) in [6.45, 7) is 0.880. The van der Waals surface area contributed by atoms with E-state index < -0.39 is 5.51 Å². The van der Waals surface area contributed by atoms with Gasteiger partial charge in [-0.05, 0) is 18.8 Å². The highest BCUT2D eigenvalue weighted by Gasteiger charge is 2.27. The number of alkyl halides is 3. The standard InChI is InChI=1S/C8H12F3N3S/c1-12-6-7-13-2-3-14(7)4-5-15-8(9,10)11/h2-3,12H,4-6H2,1H3. The van der Waals surface area contributed by atoms with Crippen molar-refractivity contribution in [2.24, 2.45) is 0 Å². The van der Waals surface area contributed by atoms with Gasteiger partial charge in [-0.2, -0.15) is 13.2 Å². The molecule has 0 saturated heterocycles. The molecule has 0 aliphatic heterocycles. The number of nitrogens with one attached hydrogen (secondary N) is 1. The van der Waals surface area contributed by atoms with Crippen molar-refractivity contribution in [1.29, 1.82) is 0 Å². The van der Waals surface area contributed by atoms with E-state index in [-0.39, 0.29) is 17.5 Å². The topological polar surface area (TPSA) is 29.9 Å². The Hall–Kier alpha value is -0.690. The summed E-state index contributed by atoms with van der Waals surface area (Å²) in [5.41, 5.74) is -4.15. The molecule has 0 unspecified atom stereocenters. The van der Waals surface area contributed by atoms with Crippen LogP contribution in [-0.2, 0) is 13.1 Å². The van der Waals surface area contributed by atoms with Crippen molar-refractivity contribution in [1.82, 2.24) is 14.9 Å². The van der Waals surface area contributed by atoms with Gasteiger partial charge in [0.2, 0.25) is 0 Å². The number of aromatic nitrogens is 2. The minimum Gasteiger partial charge on any atom is -0.333 e. The van der Waals surface area contributed by atoms with E-state index in [0.29, 0.717) is 13.1 Å². The van der Waals surface area contributed by atoms with Gasteiger partial charge < -0.3 is 9.88 Å². The van der Waals surface area contributed by atoms with Gasteiger partial charge in [-0.25, -0.2) is 4.98 Å². The lowest BCUT2D eigenvalue weighted by Gasteiger charge is -2.08. The second kappa shape index (κ2) is 5.41. The molecular weight excluding hydrogens is 227 g/mol. The first-order valence-electron chi connectivity index (χ1n) is 4.38. The fraction of sp³-hybridized carbons (Fsp3) is 0.625. The van der Waals surface area contributed by atoms with Crippen LogP contribution >= 0.6 is 11.8 Å². The van der Waals surface area contributed by atoms with Crippen molar-refractivity contribution < 1.29 is 13.2 Å². The number of rotatable bonds is 5. The van der Waals surface area contributed by atoms with Crippen molar-refractivity contribution >= 4 is 11.8 Å². The van der Waals surface area contributed by atoms with Crippen LogP contribution in [0.4, 0.5) is 13.2 Å². The van der Waals surface area contributed by atoms with Crippen LogP contribution in [0.2, 0.25) is 0 Å². The summed E-state index contributed by atoms with van der Waals surface area (Å²) in [4.78, 5) is 4.03. The number of hydrogen-bond acceptors (Lipinski definition) is 3. The molecule has 7 heteroatoms. The minimum atomic E-state index is -4.15. The van der Waals surface area contributed by atoms with Crippen LogP contribution in [-0.4, -0.2) is 27.9 Å². The summed E-state index contributed by atoms with van der Waals surface area (Å²) in [6.07, 6.45) is 3.27. The molecule has 3 nitrogen and oxygen atoms in total. The number of nitrogens with zero attached hydrogens (tertiary/aromatic N) is 2. The van der Waals surface area contributed by atoms with Gasteiger partial charge in [0.25, 0.3) is 0 Å². The van der Waals surface area contributed by atoms with Crippen molar-refractivity contribution in [3.05, 3.63) is 18.2 Å². The molecule has 15 heavy (non-hydrogen) atoms. The maximum Gasteiger partial charge on any atom is 0.441 e. The summed E-state index contributed by atoms with van der Waals surface area (Å²) < 4.78 is 37.3. The van der Waals surface area contributed by atoms with E-state index in [4.69, 9.17) is 0 Å². The van der Waals surface area contributed by atoms with Gasteiger partial charge in [0.05, 0.1) is 6.54 Å². The lowest BCUT2D eigenvalue weighted by Crippen LogP contribution is -2.14. The molecule has 1 rings (SSSR count). The van der Waals surface area contributed by atoms with Gasteiger partial charge in [-0.1, -0.05) is 0 Å². The molecule has 1 aromatic rings. The summed E-state index contributed by atoms with van der Waals surface area (Å²) >= 11 is -0.0104. The molecule has 0 bridgehead atoms. The zero-order valence-corrected chi connectivity index (χ0v) is 9.03. The zero-order chi connectivity index (χ0) is 11.3. The number of hydrogen-bond donors (Lipinski definition) is 1. The highest BCUT2D eigenvalue weighted by atomic mass is 32.2. The first-order valence-corrected chi connectivity index (χ1v) is 5.37. The van der Waals surface area contributed by atoms with Crippen molar-refractivity contribution in [2.45, 2.75) is 18.6 Å². The Morgan fingerprint density at radius 1 is 1.53 bits per heavy atom. The van der Waals surface area contributed by atoms with E-state index in [0.717, 1.165) is 5.82 Å². The molecule has 0 atom stereocenters. The van der Waals surface area contributed by atoms with Crippen LogP contribution in [0, 0.1) is 0 Å². The normalized spacial score (nSPS) is 12.0. The number of halogens is 3. The summed E-state index contributed by atoms with van der Waals surface area (Å²) in [7, 11) is 1.77. The summed E-state index contributed by atoms with van der Waals surface area (Å²) in [6, 6.07) is 0. The van der Waals surface area contributed by atoms with E-state index >= 15 is 0 Å². The minimum absolute atomic E-state index is 0.0104. The Kier molecular flexibility index (Phi) is 4.46. The van der Waals surface area contributed by atoms with Crippen LogP contribution in [0.25, 0.3) is 0 Å². The van der Waals surface area contributed by atoms with Crippen molar-refractivity contribution in [3.63, 3.8) is 0 Å². The SMILES string of the molecule is CNCc1nccn1CCSC(F)(F)F. The van der Waals surface area contributed by atoms with Gasteiger partial charge in [0.1, 0.15) is 5.82 Å². The fourth-order valence-corrected chi connectivity index (χ4v) is 1.65. The van der Waals surface area contributed by atoms with Gasteiger partial charge in [0, 0.05) is 24.7 Å². The predicted octanol–water partition coefficient (Wildman–Crippen LogP) is 1.86. The average Bonchev–Trinajstić information content (AvgIpc) is 2.51. The molecule has 0 fully saturated rings. The lowest BCUT2D eigenvalue weighted by atomic mass is 10.5. The van der Waals surface area contributed by atoms with Crippen molar-refractivity contribution in [2.75, 3.05) is 12.8 Å². The van der Waals surface area contributed by atoms with Gasteiger partial charge in [-0.15, -0.1) is 0 Å². The first kappa shape index (κ1) is 12.4. The molecule has 0 radical (unpaired) electrons. The first-order chi connectivity index (χ1) is 7.03. The van der Waals surface area contributed by atoms with Crippen LogP contribution in [0.1, 0.15) is 5.82 Å². The summed E-state index contributed by atoms with van der Waals surface area (Å²) in [5.74, 6) is 0.761. The second-order valence-corrected chi connectivity index (χ2v) is 4.02. The molecule has 1 aromatic heterocycles. The third kappa shape index (κ3) is 4.57. The van der Waals surface area contributed by atoms with Gasteiger partial charge in [-0.3, -0.25) is 0 Å². The van der Waals surface area contributed by atoms with Crippen LogP contribution in [0.3, 0.4) is 0 Å². The molecule has 1 N–H and O–H groups in total. The molecule has 0 amide bonds. The summed E-state index contributed by atoms with van der Waals surface area (Å²) in [5, 5.41) is 2.90. The molecule has 0 aromatic carbocycles. The van der Waals surface area contributed by atoms with Gasteiger partial charge in [0.15, 0.2) is 0 Å². The number of imidazole rings is 1. The predicted molar refractivity (Wildman–Crippen MR) is 53.5 cm³/mol. The van der Waals surface area contributed by atoms with E-state index in [1.807, 2.05) is 0 Å². The Bertz CT molecular complexity index is 298. The van der Waals surface area contributed by atoms with Gasteiger partial charge >= 0.3 is 5.51 Å². The van der Waals surface area contributed by atoms with Crippen LogP contribution < -0.4 is 5.32 Å². The molecule has 1 heterocycles. The third-order valence-corrected chi connectivity index (χ3v) is 2.45. The Morgan fingerprint density at radius 3 is 2.87 bits per heavy atom. The number of aryl methyl sites for hydroxylation is 1. The monoisotopic (exact) mass is 239 g/mol. The van der Waals surface area contributed by atoms with Crippen molar-refractivity contribution in [3.8, 4) is 0 Å². The Labute approximate surface area is 90.1 Å². The average molecular weight is 239 g/mol. The van der Waals surface area contributed by atoms with E-state index in [1.54, 1.807) is 24.0 Å². The van der Waals surface area contributed by atoms with E-state index in [9.17, 15) is 13.2 Å². The fourth-order valence-electron chi connectivity index (χ4n) is 1.13. The van der Waals surface area contributed by atoms with E-state index in [2.05, 4.69) is 10.3 Å². The van der Waals surface area contributed by atoms with Crippen LogP contribution in [0.5, 0.6) is 0 Å². The molecule has 0 saturated carbocycles. The molecule has 0 aliphatic carbocycles. The van der Waals surface area contributed by atoms with E-state index in [1.165, 1.54) is 0 Å². The highest BCUT2D eigenvalue weighted by Crippen LogP contribution is 2.29. The Morgan fingerprint density at radius 2 is 2.27 bits per heavy atom. The lowest BCUT2D eigenvalue weighted by molar-refractivity contribution is -0.0328. The smallest absolute Gasteiger partial charge is 0.333 e. The Balaban J connectivity index is 2.40. The second-order valence-electron chi connectivity index (χ2n) is 2.86. The molecule has 86 valence electrons. The highest BCUT2D eigenvalue weighted by molar-refractivity contribution is 8.00. The molecule has 0 aliphatic rings. The number of thioether (sulfide) groups is 1. The molecule has 0 spiro atoms. The largest absolute Gasteiger partial charge is 0.441 e. The maximum absolute atomic E-state index is 11.9.